The molecule has 0 unspecified atom stereocenters. The summed E-state index contributed by atoms with van der Waals surface area (Å²) in [5, 5.41) is 16.1. The molecule has 1 aliphatic carbocycles. The van der Waals surface area contributed by atoms with E-state index in [1.165, 1.54) is 31.1 Å². The van der Waals surface area contributed by atoms with E-state index in [1.54, 1.807) is 6.07 Å². The fourth-order valence-corrected chi connectivity index (χ4v) is 4.34. The van der Waals surface area contributed by atoms with Crippen LogP contribution in [0.15, 0.2) is 36.4 Å². The van der Waals surface area contributed by atoms with Crippen molar-refractivity contribution in [2.75, 3.05) is 12.8 Å². The average Bonchev–Trinajstić information content (AvgIpc) is 2.99. The average molecular weight is 301 g/mol. The fraction of sp³-hybridized carbons (Fsp3) is 0.444. The molecule has 1 aliphatic rings. The number of fused-ring (bicyclic) bond motifs is 1. The maximum atomic E-state index is 10.2. The predicted molar refractivity (Wildman–Crippen MR) is 92.0 cm³/mol. The zero-order valence-corrected chi connectivity index (χ0v) is 13.4. The standard InChI is InChI=1S/C18H23NOS/c1-21-18(10-4-5-11-18)13-19-12-16-15-7-3-2-6-14(15)8-9-17(16)20/h2-3,6-9,19-20H,4-5,10-13H2,1H3. The molecule has 0 bridgehead atoms. The van der Waals surface area contributed by atoms with Crippen molar-refractivity contribution in [3.63, 3.8) is 0 Å². The van der Waals surface area contributed by atoms with E-state index in [2.05, 4.69) is 23.7 Å². The number of benzene rings is 2. The molecular weight excluding hydrogens is 278 g/mol. The molecule has 1 saturated carbocycles. The highest BCUT2D eigenvalue weighted by Gasteiger charge is 2.32. The lowest BCUT2D eigenvalue weighted by molar-refractivity contribution is 0.462. The summed E-state index contributed by atoms with van der Waals surface area (Å²) in [4.78, 5) is 0. The molecule has 0 atom stereocenters. The van der Waals surface area contributed by atoms with Gasteiger partial charge in [-0.3, -0.25) is 0 Å². The summed E-state index contributed by atoms with van der Waals surface area (Å²) in [7, 11) is 0. The van der Waals surface area contributed by atoms with Gasteiger partial charge in [0.05, 0.1) is 0 Å². The molecule has 112 valence electrons. The topological polar surface area (TPSA) is 32.3 Å². The number of phenolic OH excluding ortho intramolecular Hbond substituents is 1. The summed E-state index contributed by atoms with van der Waals surface area (Å²) in [6, 6.07) is 12.0. The number of phenols is 1. The second-order valence-corrected chi connectivity index (χ2v) is 7.26. The number of nitrogens with one attached hydrogen (secondary N) is 1. The Labute approximate surface area is 130 Å². The Morgan fingerprint density at radius 1 is 1.14 bits per heavy atom. The zero-order chi connectivity index (χ0) is 14.7. The minimum Gasteiger partial charge on any atom is -0.508 e. The van der Waals surface area contributed by atoms with Gasteiger partial charge in [0.2, 0.25) is 0 Å². The lowest BCUT2D eigenvalue weighted by Gasteiger charge is -2.27. The van der Waals surface area contributed by atoms with E-state index in [0.29, 0.717) is 10.5 Å². The highest BCUT2D eigenvalue weighted by molar-refractivity contribution is 8.00. The van der Waals surface area contributed by atoms with Crippen LogP contribution in [0, 0.1) is 0 Å². The van der Waals surface area contributed by atoms with Gasteiger partial charge in [-0.15, -0.1) is 0 Å². The van der Waals surface area contributed by atoms with Gasteiger partial charge in [-0.1, -0.05) is 43.2 Å². The monoisotopic (exact) mass is 301 g/mol. The van der Waals surface area contributed by atoms with E-state index in [4.69, 9.17) is 0 Å². The Balaban J connectivity index is 1.74. The molecule has 0 aromatic heterocycles. The summed E-state index contributed by atoms with van der Waals surface area (Å²) in [6.07, 6.45) is 7.54. The van der Waals surface area contributed by atoms with Crippen molar-refractivity contribution in [3.05, 3.63) is 42.0 Å². The largest absolute Gasteiger partial charge is 0.508 e. The second kappa shape index (κ2) is 6.29. The van der Waals surface area contributed by atoms with Gasteiger partial charge in [0, 0.05) is 23.4 Å². The summed E-state index contributed by atoms with van der Waals surface area (Å²) < 4.78 is 0.403. The number of rotatable bonds is 5. The quantitative estimate of drug-likeness (QED) is 0.863. The van der Waals surface area contributed by atoms with Crippen LogP contribution in [0.5, 0.6) is 5.75 Å². The van der Waals surface area contributed by atoms with Gasteiger partial charge in [-0.2, -0.15) is 11.8 Å². The Hall–Kier alpha value is -1.19. The number of hydrogen-bond acceptors (Lipinski definition) is 3. The predicted octanol–water partition coefficient (Wildman–Crippen LogP) is 4.31. The molecular formula is C18H23NOS. The molecule has 0 heterocycles. The molecule has 2 aromatic carbocycles. The Kier molecular flexibility index (Phi) is 4.41. The van der Waals surface area contributed by atoms with E-state index in [1.807, 2.05) is 30.0 Å². The van der Waals surface area contributed by atoms with Crippen LogP contribution in [0.3, 0.4) is 0 Å². The second-order valence-electron chi connectivity index (χ2n) is 5.98. The summed E-state index contributed by atoms with van der Waals surface area (Å²) in [5.74, 6) is 0.394. The van der Waals surface area contributed by atoms with Crippen LogP contribution in [0.25, 0.3) is 10.8 Å². The molecule has 0 saturated heterocycles. The molecule has 3 rings (SSSR count). The van der Waals surface area contributed by atoms with Gasteiger partial charge in [0.25, 0.3) is 0 Å². The van der Waals surface area contributed by atoms with Gasteiger partial charge in [-0.05, 0) is 35.9 Å². The molecule has 3 heteroatoms. The molecule has 2 N–H and O–H groups in total. The Bertz CT molecular complexity index is 620. The third kappa shape index (κ3) is 3.04. The van der Waals surface area contributed by atoms with Crippen LogP contribution in [0.2, 0.25) is 0 Å². The summed E-state index contributed by atoms with van der Waals surface area (Å²) >= 11 is 2.00. The summed E-state index contributed by atoms with van der Waals surface area (Å²) in [6.45, 7) is 1.76. The Morgan fingerprint density at radius 2 is 1.90 bits per heavy atom. The normalized spacial score (nSPS) is 17.4. The number of hydrogen-bond donors (Lipinski definition) is 2. The third-order valence-electron chi connectivity index (χ3n) is 4.71. The van der Waals surface area contributed by atoms with Crippen molar-refractivity contribution in [3.8, 4) is 5.75 Å². The van der Waals surface area contributed by atoms with E-state index in [9.17, 15) is 5.11 Å². The first-order valence-corrected chi connectivity index (χ1v) is 8.92. The first kappa shape index (κ1) is 14.7. The first-order valence-electron chi connectivity index (χ1n) is 7.70. The van der Waals surface area contributed by atoms with Gasteiger partial charge in [-0.25, -0.2) is 0 Å². The van der Waals surface area contributed by atoms with Gasteiger partial charge in [0.15, 0.2) is 0 Å². The van der Waals surface area contributed by atoms with Crippen molar-refractivity contribution in [2.45, 2.75) is 37.0 Å². The lowest BCUT2D eigenvalue weighted by atomic mass is 10.0. The van der Waals surface area contributed by atoms with Crippen molar-refractivity contribution in [2.24, 2.45) is 0 Å². The van der Waals surface area contributed by atoms with Crippen LogP contribution in [-0.4, -0.2) is 22.7 Å². The molecule has 0 radical (unpaired) electrons. The molecule has 1 fully saturated rings. The molecule has 0 spiro atoms. The van der Waals surface area contributed by atoms with Crippen LogP contribution < -0.4 is 5.32 Å². The maximum Gasteiger partial charge on any atom is 0.120 e. The Morgan fingerprint density at radius 3 is 2.67 bits per heavy atom. The van der Waals surface area contributed by atoms with Crippen molar-refractivity contribution in [1.29, 1.82) is 0 Å². The van der Waals surface area contributed by atoms with E-state index < -0.39 is 0 Å². The maximum absolute atomic E-state index is 10.2. The third-order valence-corrected chi connectivity index (χ3v) is 6.13. The van der Waals surface area contributed by atoms with E-state index >= 15 is 0 Å². The van der Waals surface area contributed by atoms with Crippen LogP contribution >= 0.6 is 11.8 Å². The SMILES string of the molecule is CSC1(CNCc2c(O)ccc3ccccc23)CCCC1. The van der Waals surface area contributed by atoms with Crippen molar-refractivity contribution >= 4 is 22.5 Å². The van der Waals surface area contributed by atoms with E-state index in [-0.39, 0.29) is 0 Å². The lowest BCUT2D eigenvalue weighted by Crippen LogP contribution is -2.34. The smallest absolute Gasteiger partial charge is 0.120 e. The minimum atomic E-state index is 0.394. The first-order chi connectivity index (χ1) is 10.2. The molecule has 0 amide bonds. The van der Waals surface area contributed by atoms with Gasteiger partial charge < -0.3 is 10.4 Å². The number of aromatic hydroxyl groups is 1. The molecule has 2 aromatic rings. The fourth-order valence-electron chi connectivity index (χ4n) is 3.40. The van der Waals surface area contributed by atoms with Crippen LogP contribution in [-0.2, 0) is 6.54 Å². The van der Waals surface area contributed by atoms with Crippen molar-refractivity contribution in [1.82, 2.24) is 5.32 Å². The van der Waals surface area contributed by atoms with Crippen molar-refractivity contribution < 1.29 is 5.11 Å². The molecule has 2 nitrogen and oxygen atoms in total. The zero-order valence-electron chi connectivity index (χ0n) is 12.6. The summed E-state index contributed by atoms with van der Waals surface area (Å²) in [5.41, 5.74) is 1.02. The molecule has 21 heavy (non-hydrogen) atoms. The highest BCUT2D eigenvalue weighted by atomic mass is 32.2. The highest BCUT2D eigenvalue weighted by Crippen LogP contribution is 2.39. The number of thioether (sulfide) groups is 1. The van der Waals surface area contributed by atoms with Crippen LogP contribution in [0.4, 0.5) is 0 Å². The van der Waals surface area contributed by atoms with Gasteiger partial charge in [0.1, 0.15) is 5.75 Å². The molecule has 0 aliphatic heterocycles. The van der Waals surface area contributed by atoms with Crippen LogP contribution in [0.1, 0.15) is 31.2 Å². The minimum absolute atomic E-state index is 0.394. The van der Waals surface area contributed by atoms with E-state index in [0.717, 1.165) is 24.0 Å². The van der Waals surface area contributed by atoms with Gasteiger partial charge >= 0.3 is 0 Å².